The van der Waals surface area contributed by atoms with E-state index in [4.69, 9.17) is 5.11 Å². The van der Waals surface area contributed by atoms with Gasteiger partial charge >= 0.3 is 12.1 Å². The number of hydrogen-bond donors (Lipinski definition) is 1. The maximum Gasteiger partial charge on any atom is 0.394 e. The first kappa shape index (κ1) is 20.5. The standard InChI is InChI=1S/C17H25F3N2O4/c1-10(2)7-13(22-6-4-3-5-14(22)23)15(24)21-8-11(16(25)26)12(9-21)17(18,19)20/h10-13H,3-9H2,1-2H3,(H,25,26)/t11-,12-,13?/m1/s1. The lowest BCUT2D eigenvalue weighted by molar-refractivity contribution is -0.188. The molecule has 2 heterocycles. The molecule has 2 fully saturated rings. The van der Waals surface area contributed by atoms with Gasteiger partial charge in [0.15, 0.2) is 0 Å². The molecule has 0 aromatic heterocycles. The van der Waals surface area contributed by atoms with Gasteiger partial charge in [0.2, 0.25) is 11.8 Å². The molecular weight excluding hydrogens is 353 g/mol. The van der Waals surface area contributed by atoms with Crippen LogP contribution in [-0.4, -0.2) is 64.5 Å². The summed E-state index contributed by atoms with van der Waals surface area (Å²) >= 11 is 0. The van der Waals surface area contributed by atoms with E-state index >= 15 is 0 Å². The maximum atomic E-state index is 13.2. The molecule has 26 heavy (non-hydrogen) atoms. The molecule has 0 bridgehead atoms. The molecule has 1 unspecified atom stereocenters. The van der Waals surface area contributed by atoms with Gasteiger partial charge < -0.3 is 14.9 Å². The number of carbonyl (C=O) groups excluding carboxylic acids is 2. The Morgan fingerprint density at radius 2 is 1.88 bits per heavy atom. The Balaban J connectivity index is 2.22. The Morgan fingerprint density at radius 3 is 2.35 bits per heavy atom. The fraction of sp³-hybridized carbons (Fsp3) is 0.824. The Hall–Kier alpha value is -1.80. The minimum Gasteiger partial charge on any atom is -0.481 e. The summed E-state index contributed by atoms with van der Waals surface area (Å²) < 4.78 is 39.5. The highest BCUT2D eigenvalue weighted by atomic mass is 19.4. The van der Waals surface area contributed by atoms with E-state index in [9.17, 15) is 27.6 Å². The normalized spacial score (nSPS) is 25.7. The van der Waals surface area contributed by atoms with Gasteiger partial charge in [0.05, 0.1) is 11.8 Å². The van der Waals surface area contributed by atoms with Crippen LogP contribution in [0.25, 0.3) is 0 Å². The van der Waals surface area contributed by atoms with Gasteiger partial charge in [-0.3, -0.25) is 14.4 Å². The van der Waals surface area contributed by atoms with Crippen molar-refractivity contribution in [2.24, 2.45) is 17.8 Å². The smallest absolute Gasteiger partial charge is 0.394 e. The molecule has 6 nitrogen and oxygen atoms in total. The number of aliphatic carboxylic acids is 1. The van der Waals surface area contributed by atoms with Crippen molar-refractivity contribution in [2.75, 3.05) is 19.6 Å². The zero-order chi connectivity index (χ0) is 19.6. The quantitative estimate of drug-likeness (QED) is 0.795. The number of alkyl halides is 3. The monoisotopic (exact) mass is 378 g/mol. The molecule has 9 heteroatoms. The van der Waals surface area contributed by atoms with E-state index < -0.39 is 49.0 Å². The number of halogens is 3. The highest BCUT2D eigenvalue weighted by Crippen LogP contribution is 2.38. The lowest BCUT2D eigenvalue weighted by atomic mass is 9.96. The van der Waals surface area contributed by atoms with Gasteiger partial charge in [-0.2, -0.15) is 13.2 Å². The highest BCUT2D eigenvalue weighted by Gasteiger charge is 2.54. The van der Waals surface area contributed by atoms with Gasteiger partial charge in [0.25, 0.3) is 0 Å². The van der Waals surface area contributed by atoms with Crippen LogP contribution in [0.4, 0.5) is 13.2 Å². The van der Waals surface area contributed by atoms with Gasteiger partial charge in [-0.25, -0.2) is 0 Å². The largest absolute Gasteiger partial charge is 0.481 e. The van der Waals surface area contributed by atoms with Crippen molar-refractivity contribution in [3.8, 4) is 0 Å². The fourth-order valence-corrected chi connectivity index (χ4v) is 3.74. The van der Waals surface area contributed by atoms with Crippen molar-refractivity contribution in [2.45, 2.75) is 51.7 Å². The third-order valence-corrected chi connectivity index (χ3v) is 5.09. The Morgan fingerprint density at radius 1 is 1.23 bits per heavy atom. The van der Waals surface area contributed by atoms with Gasteiger partial charge in [0.1, 0.15) is 6.04 Å². The Kier molecular flexibility index (Phi) is 6.18. The molecule has 0 saturated carbocycles. The van der Waals surface area contributed by atoms with Crippen molar-refractivity contribution < 1.29 is 32.7 Å². The minimum absolute atomic E-state index is 0.0648. The molecule has 148 valence electrons. The number of rotatable bonds is 5. The molecule has 0 spiro atoms. The molecule has 2 rings (SSSR count). The lowest BCUT2D eigenvalue weighted by Gasteiger charge is -2.36. The molecule has 2 aliphatic heterocycles. The van der Waals surface area contributed by atoms with Gasteiger partial charge in [-0.1, -0.05) is 13.8 Å². The first-order valence-electron chi connectivity index (χ1n) is 8.90. The number of carbonyl (C=O) groups is 3. The summed E-state index contributed by atoms with van der Waals surface area (Å²) in [6, 6.07) is -0.829. The number of hydrogen-bond acceptors (Lipinski definition) is 3. The van der Waals surface area contributed by atoms with Crippen molar-refractivity contribution in [1.29, 1.82) is 0 Å². The molecule has 2 aliphatic rings. The molecule has 0 aromatic carbocycles. The van der Waals surface area contributed by atoms with Crippen LogP contribution in [0.3, 0.4) is 0 Å². The molecule has 0 aromatic rings. The second kappa shape index (κ2) is 7.84. The number of carboxylic acid groups (broad SMARTS) is 1. The van der Waals surface area contributed by atoms with Crippen molar-refractivity contribution in [3.63, 3.8) is 0 Å². The fourth-order valence-electron chi connectivity index (χ4n) is 3.74. The zero-order valence-corrected chi connectivity index (χ0v) is 15.0. The summed E-state index contributed by atoms with van der Waals surface area (Å²) in [5.74, 6) is -5.99. The molecule has 0 aliphatic carbocycles. The first-order valence-corrected chi connectivity index (χ1v) is 8.90. The van der Waals surface area contributed by atoms with Crippen LogP contribution in [0.5, 0.6) is 0 Å². The second-order valence-corrected chi connectivity index (χ2v) is 7.53. The number of amides is 2. The molecule has 2 amide bonds. The first-order chi connectivity index (χ1) is 12.0. The zero-order valence-electron chi connectivity index (χ0n) is 15.0. The summed E-state index contributed by atoms with van der Waals surface area (Å²) in [7, 11) is 0. The van der Waals surface area contributed by atoms with Crippen LogP contribution in [0.2, 0.25) is 0 Å². The van der Waals surface area contributed by atoms with Crippen LogP contribution in [0.15, 0.2) is 0 Å². The number of piperidine rings is 1. The van der Waals surface area contributed by atoms with Crippen LogP contribution >= 0.6 is 0 Å². The van der Waals surface area contributed by atoms with E-state index in [-0.39, 0.29) is 11.8 Å². The summed E-state index contributed by atoms with van der Waals surface area (Å²) in [5.41, 5.74) is 0. The number of likely N-dealkylation sites (tertiary alicyclic amines) is 2. The summed E-state index contributed by atoms with van der Waals surface area (Å²) in [6.45, 7) is 3.00. The van der Waals surface area contributed by atoms with E-state index in [1.54, 1.807) is 0 Å². The SMILES string of the molecule is CC(C)CC(C(=O)N1C[C@@H](C(F)(F)F)[C@H](C(=O)O)C1)N1CCCCC1=O. The van der Waals surface area contributed by atoms with Gasteiger partial charge in [0, 0.05) is 26.1 Å². The Labute approximate surface area is 150 Å². The van der Waals surface area contributed by atoms with Crippen LogP contribution in [0.1, 0.15) is 39.5 Å². The molecular formula is C17H25F3N2O4. The molecule has 3 atom stereocenters. The van der Waals surface area contributed by atoms with Crippen LogP contribution in [0, 0.1) is 17.8 Å². The van der Waals surface area contributed by atoms with Crippen molar-refractivity contribution >= 4 is 17.8 Å². The third-order valence-electron chi connectivity index (χ3n) is 5.09. The van der Waals surface area contributed by atoms with E-state index in [2.05, 4.69) is 0 Å². The van der Waals surface area contributed by atoms with E-state index in [1.165, 1.54) is 4.90 Å². The molecule has 1 N–H and O–H groups in total. The maximum absolute atomic E-state index is 13.2. The third kappa shape index (κ3) is 4.48. The molecule has 0 radical (unpaired) electrons. The average molecular weight is 378 g/mol. The van der Waals surface area contributed by atoms with Crippen molar-refractivity contribution in [3.05, 3.63) is 0 Å². The van der Waals surface area contributed by atoms with Crippen LogP contribution in [-0.2, 0) is 14.4 Å². The predicted octanol–water partition coefficient (Wildman–Crippen LogP) is 2.14. The van der Waals surface area contributed by atoms with Crippen molar-refractivity contribution in [1.82, 2.24) is 9.80 Å². The lowest BCUT2D eigenvalue weighted by Crippen LogP contribution is -2.52. The molecule has 2 saturated heterocycles. The summed E-state index contributed by atoms with van der Waals surface area (Å²) in [6.07, 6.45) is -2.54. The highest BCUT2D eigenvalue weighted by molar-refractivity contribution is 5.88. The topological polar surface area (TPSA) is 77.9 Å². The van der Waals surface area contributed by atoms with E-state index in [0.717, 1.165) is 17.7 Å². The average Bonchev–Trinajstić information content (AvgIpc) is 2.98. The second-order valence-electron chi connectivity index (χ2n) is 7.53. The van der Waals surface area contributed by atoms with Gasteiger partial charge in [-0.05, 0) is 25.2 Å². The number of nitrogens with zero attached hydrogens (tertiary/aromatic N) is 2. The number of carboxylic acids is 1. The predicted molar refractivity (Wildman–Crippen MR) is 86.1 cm³/mol. The van der Waals surface area contributed by atoms with Crippen LogP contribution < -0.4 is 0 Å². The minimum atomic E-state index is -4.69. The van der Waals surface area contributed by atoms with Gasteiger partial charge in [-0.15, -0.1) is 0 Å². The summed E-state index contributed by atoms with van der Waals surface area (Å²) in [5, 5.41) is 9.12. The Bertz CT molecular complexity index is 565. The summed E-state index contributed by atoms with van der Waals surface area (Å²) in [4.78, 5) is 38.8. The van der Waals surface area contributed by atoms with E-state index in [0.29, 0.717) is 19.4 Å². The van der Waals surface area contributed by atoms with E-state index in [1.807, 2.05) is 13.8 Å².